The molecule has 0 fully saturated rings. The van der Waals surface area contributed by atoms with Crippen LogP contribution in [0.1, 0.15) is 13.3 Å². The third-order valence-corrected chi connectivity index (χ3v) is 2.28. The van der Waals surface area contributed by atoms with E-state index in [0.29, 0.717) is 12.1 Å². The van der Waals surface area contributed by atoms with Gasteiger partial charge in [-0.05, 0) is 29.4 Å². The summed E-state index contributed by atoms with van der Waals surface area (Å²) in [5.41, 5.74) is 1.08. The maximum absolute atomic E-state index is 10.6. The van der Waals surface area contributed by atoms with Gasteiger partial charge >= 0.3 is 0 Å². The highest BCUT2D eigenvalue weighted by molar-refractivity contribution is 5.50. The monoisotopic (exact) mass is 223 g/mol. The van der Waals surface area contributed by atoms with E-state index >= 15 is 0 Å². The summed E-state index contributed by atoms with van der Waals surface area (Å²) in [6.45, 7) is 2.05. The summed E-state index contributed by atoms with van der Waals surface area (Å²) >= 11 is 0. The predicted molar refractivity (Wildman–Crippen MR) is 61.5 cm³/mol. The molecule has 86 valence electrons. The molecule has 0 aliphatic heterocycles. The number of hydrogen-bond acceptors (Lipinski definition) is 5. The normalized spacial score (nSPS) is 11.8. The third kappa shape index (κ3) is 3.30. The van der Waals surface area contributed by atoms with Gasteiger partial charge in [0.15, 0.2) is 0 Å². The molecule has 0 radical (unpaired) electrons. The zero-order valence-electron chi connectivity index (χ0n) is 8.92. The topological polar surface area (TPSA) is 84.6 Å². The number of nitrogens with zero attached hydrogens (tertiary/aromatic N) is 2. The zero-order chi connectivity index (χ0) is 12.0. The molecule has 0 saturated heterocycles. The van der Waals surface area contributed by atoms with Gasteiger partial charge in [0.25, 0.3) is 0 Å². The van der Waals surface area contributed by atoms with E-state index in [0.717, 1.165) is 5.69 Å². The number of anilines is 1. The fourth-order valence-corrected chi connectivity index (χ4v) is 1.24. The Morgan fingerprint density at radius 2 is 2.06 bits per heavy atom. The summed E-state index contributed by atoms with van der Waals surface area (Å²) in [6, 6.07) is 5.86. The molecule has 1 aromatic rings. The van der Waals surface area contributed by atoms with Gasteiger partial charge in [-0.2, -0.15) is 0 Å². The molecule has 1 unspecified atom stereocenters. The Labute approximate surface area is 92.8 Å². The molecule has 0 spiro atoms. The summed E-state index contributed by atoms with van der Waals surface area (Å²) in [4.78, 5) is 20.4. The fraction of sp³-hybridized carbons (Fsp3) is 0.400. The van der Waals surface area contributed by atoms with Gasteiger partial charge in [-0.3, -0.25) is 10.1 Å². The van der Waals surface area contributed by atoms with Crippen LogP contribution < -0.4 is 5.32 Å². The first-order valence-corrected chi connectivity index (χ1v) is 4.98. The molecular formula is C10H13N3O3. The van der Waals surface area contributed by atoms with Crippen molar-refractivity contribution in [1.29, 1.82) is 0 Å². The molecule has 16 heavy (non-hydrogen) atoms. The molecule has 0 bridgehead atoms. The summed E-state index contributed by atoms with van der Waals surface area (Å²) in [6.07, 6.45) is 0.480. The van der Waals surface area contributed by atoms with E-state index in [4.69, 9.17) is 0 Å². The van der Waals surface area contributed by atoms with Gasteiger partial charge in [0.1, 0.15) is 5.69 Å². The molecule has 0 heterocycles. The van der Waals surface area contributed by atoms with E-state index in [1.165, 1.54) is 0 Å². The maximum Gasteiger partial charge on any atom is 0.229 e. The van der Waals surface area contributed by atoms with Gasteiger partial charge in [-0.15, -0.1) is 4.91 Å². The highest BCUT2D eigenvalue weighted by Gasteiger charge is 2.16. The average molecular weight is 223 g/mol. The number of benzene rings is 1. The molecular weight excluding hydrogens is 210 g/mol. The van der Waals surface area contributed by atoms with Crippen molar-refractivity contribution >= 4 is 11.4 Å². The predicted octanol–water partition coefficient (Wildman–Crippen LogP) is 2.55. The molecule has 6 nitrogen and oxygen atoms in total. The van der Waals surface area contributed by atoms with Crippen molar-refractivity contribution < 1.29 is 4.92 Å². The number of rotatable bonds is 6. The lowest BCUT2D eigenvalue weighted by Gasteiger charge is -2.09. The quantitative estimate of drug-likeness (QED) is 0.456. The van der Waals surface area contributed by atoms with Crippen molar-refractivity contribution in [2.45, 2.75) is 19.4 Å². The van der Waals surface area contributed by atoms with Crippen LogP contribution >= 0.6 is 0 Å². The first-order valence-electron chi connectivity index (χ1n) is 4.98. The second-order valence-electron chi connectivity index (χ2n) is 3.37. The zero-order valence-corrected chi connectivity index (χ0v) is 8.92. The van der Waals surface area contributed by atoms with Gasteiger partial charge in [-0.1, -0.05) is 6.92 Å². The van der Waals surface area contributed by atoms with E-state index in [1.54, 1.807) is 31.2 Å². The molecule has 0 aliphatic rings. The molecule has 0 aromatic heterocycles. The minimum atomic E-state index is -0.594. The van der Waals surface area contributed by atoms with Crippen LogP contribution in [0.5, 0.6) is 0 Å². The Hall–Kier alpha value is -1.98. The summed E-state index contributed by atoms with van der Waals surface area (Å²) in [5.74, 6) is 0. The lowest BCUT2D eigenvalue weighted by molar-refractivity contribution is -0.518. The van der Waals surface area contributed by atoms with E-state index < -0.39 is 6.04 Å². The fourth-order valence-electron chi connectivity index (χ4n) is 1.24. The molecule has 0 aliphatic carbocycles. The minimum Gasteiger partial charge on any atom is -0.378 e. The standard InChI is InChI=1S/C10H13N3O3/c1-2-10(13(15)16)7-11-8-3-5-9(12-14)6-4-8/h3-6,10-11H,2,7H2,1H3. The van der Waals surface area contributed by atoms with Crippen molar-refractivity contribution in [1.82, 2.24) is 0 Å². The number of hydrogen-bond donors (Lipinski definition) is 1. The minimum absolute atomic E-state index is 0.275. The summed E-state index contributed by atoms with van der Waals surface area (Å²) in [7, 11) is 0. The van der Waals surface area contributed by atoms with E-state index in [2.05, 4.69) is 10.5 Å². The van der Waals surface area contributed by atoms with Crippen molar-refractivity contribution in [3.8, 4) is 0 Å². The average Bonchev–Trinajstić information content (AvgIpc) is 2.30. The van der Waals surface area contributed by atoms with E-state index in [9.17, 15) is 15.0 Å². The van der Waals surface area contributed by atoms with Crippen LogP contribution in [-0.2, 0) is 0 Å². The highest BCUT2D eigenvalue weighted by atomic mass is 16.6. The van der Waals surface area contributed by atoms with Crippen molar-refractivity contribution in [3.63, 3.8) is 0 Å². The van der Waals surface area contributed by atoms with Crippen molar-refractivity contribution in [2.75, 3.05) is 11.9 Å². The Bertz CT molecular complexity index is 364. The van der Waals surface area contributed by atoms with E-state index in [1.807, 2.05) is 0 Å². The second-order valence-corrected chi connectivity index (χ2v) is 3.37. The molecule has 1 atom stereocenters. The van der Waals surface area contributed by atoms with Gasteiger partial charge in [-0.25, -0.2) is 0 Å². The second kappa shape index (κ2) is 5.79. The largest absolute Gasteiger partial charge is 0.378 e. The third-order valence-electron chi connectivity index (χ3n) is 2.28. The Kier molecular flexibility index (Phi) is 4.38. The SMILES string of the molecule is CCC(CNc1ccc(N=O)cc1)[N+](=O)[O-]. The molecule has 1 rings (SSSR count). The molecule has 6 heteroatoms. The molecule has 0 saturated carbocycles. The van der Waals surface area contributed by atoms with Crippen LogP contribution in [0.25, 0.3) is 0 Å². The highest BCUT2D eigenvalue weighted by Crippen LogP contribution is 2.15. The van der Waals surface area contributed by atoms with Crippen LogP contribution in [0.3, 0.4) is 0 Å². The lowest BCUT2D eigenvalue weighted by Crippen LogP contribution is -2.27. The Morgan fingerprint density at radius 1 is 1.44 bits per heavy atom. The number of nitro groups is 1. The number of nitrogens with one attached hydrogen (secondary N) is 1. The van der Waals surface area contributed by atoms with Crippen LogP contribution in [-0.4, -0.2) is 17.5 Å². The van der Waals surface area contributed by atoms with Gasteiger partial charge in [0, 0.05) is 17.0 Å². The van der Waals surface area contributed by atoms with Gasteiger partial charge < -0.3 is 5.32 Å². The molecule has 1 aromatic carbocycles. The number of nitroso groups, excluding NO2 is 1. The first-order chi connectivity index (χ1) is 7.67. The lowest BCUT2D eigenvalue weighted by atomic mass is 10.2. The van der Waals surface area contributed by atoms with Crippen LogP contribution in [0.15, 0.2) is 29.4 Å². The molecule has 0 amide bonds. The van der Waals surface area contributed by atoms with Crippen LogP contribution in [0, 0.1) is 15.0 Å². The molecule has 1 N–H and O–H groups in total. The first kappa shape index (κ1) is 12.1. The maximum atomic E-state index is 10.6. The Balaban J connectivity index is 2.53. The van der Waals surface area contributed by atoms with Crippen molar-refractivity contribution in [2.24, 2.45) is 5.18 Å². The van der Waals surface area contributed by atoms with E-state index in [-0.39, 0.29) is 11.5 Å². The summed E-state index contributed by atoms with van der Waals surface area (Å²) < 4.78 is 0. The Morgan fingerprint density at radius 3 is 2.50 bits per heavy atom. The van der Waals surface area contributed by atoms with Gasteiger partial charge in [0.2, 0.25) is 6.04 Å². The van der Waals surface area contributed by atoms with Crippen LogP contribution in [0.2, 0.25) is 0 Å². The van der Waals surface area contributed by atoms with Crippen molar-refractivity contribution in [3.05, 3.63) is 39.3 Å². The van der Waals surface area contributed by atoms with Crippen LogP contribution in [0.4, 0.5) is 11.4 Å². The smallest absolute Gasteiger partial charge is 0.229 e. The summed E-state index contributed by atoms with van der Waals surface area (Å²) in [5, 5.41) is 16.3. The van der Waals surface area contributed by atoms with Gasteiger partial charge in [0.05, 0.1) is 6.54 Å².